The minimum Gasteiger partial charge on any atom is -0.496 e. The van der Waals surface area contributed by atoms with Gasteiger partial charge >= 0.3 is 0 Å². The Kier molecular flexibility index (Phi) is 3.82. The molecule has 0 fully saturated rings. The Morgan fingerprint density at radius 3 is 2.67 bits per heavy atom. The first kappa shape index (κ1) is 12.4. The Bertz CT molecular complexity index is 516. The van der Waals surface area contributed by atoms with Crippen LogP contribution < -0.4 is 0 Å². The number of rotatable bonds is 5. The topological polar surface area (TPSA) is 27.1 Å². The average Bonchev–Trinajstić information content (AvgIpc) is 2.77. The number of hydrogen-bond donors (Lipinski definition) is 0. The van der Waals surface area contributed by atoms with Crippen molar-refractivity contribution in [2.24, 2.45) is 0 Å². The number of allylic oxidation sites excluding steroid dienone is 1. The van der Waals surface area contributed by atoms with Crippen LogP contribution in [0.3, 0.4) is 0 Å². The van der Waals surface area contributed by atoms with E-state index < -0.39 is 0 Å². The summed E-state index contributed by atoms with van der Waals surface area (Å²) in [4.78, 5) is 4.28. The van der Waals surface area contributed by atoms with E-state index in [-0.39, 0.29) is 6.04 Å². The van der Waals surface area contributed by atoms with E-state index in [9.17, 15) is 0 Å². The molecule has 1 aromatic heterocycles. The van der Waals surface area contributed by atoms with Gasteiger partial charge in [-0.1, -0.05) is 36.9 Å². The summed E-state index contributed by atoms with van der Waals surface area (Å²) >= 11 is 0. The molecule has 1 heterocycles. The van der Waals surface area contributed by atoms with E-state index in [1.165, 1.54) is 5.56 Å². The molecule has 18 heavy (non-hydrogen) atoms. The van der Waals surface area contributed by atoms with Gasteiger partial charge in [-0.2, -0.15) is 0 Å². The predicted octanol–water partition coefficient (Wildman–Crippen LogP) is 3.33. The van der Waals surface area contributed by atoms with Crippen molar-refractivity contribution in [3.63, 3.8) is 0 Å². The van der Waals surface area contributed by atoms with E-state index >= 15 is 0 Å². The van der Waals surface area contributed by atoms with Crippen LogP contribution in [0.5, 0.6) is 0 Å². The SMILES string of the molecule is C=C(C)OCC(c1ccccc1)n1cnc(C)c1. The van der Waals surface area contributed by atoms with Crippen molar-refractivity contribution >= 4 is 0 Å². The Hall–Kier alpha value is -2.03. The lowest BCUT2D eigenvalue weighted by Crippen LogP contribution is -2.15. The molecule has 0 N–H and O–H groups in total. The highest BCUT2D eigenvalue weighted by atomic mass is 16.5. The fourth-order valence-electron chi connectivity index (χ4n) is 1.86. The van der Waals surface area contributed by atoms with Crippen molar-refractivity contribution in [2.75, 3.05) is 6.61 Å². The Labute approximate surface area is 108 Å². The highest BCUT2D eigenvalue weighted by Crippen LogP contribution is 2.19. The molecule has 0 aliphatic heterocycles. The van der Waals surface area contributed by atoms with Crippen molar-refractivity contribution in [1.82, 2.24) is 9.55 Å². The van der Waals surface area contributed by atoms with E-state index in [0.717, 1.165) is 11.5 Å². The van der Waals surface area contributed by atoms with E-state index in [4.69, 9.17) is 4.74 Å². The number of aryl methyl sites for hydroxylation is 1. The molecular formula is C15H18N2O. The predicted molar refractivity (Wildman–Crippen MR) is 72.3 cm³/mol. The Morgan fingerprint density at radius 2 is 2.11 bits per heavy atom. The summed E-state index contributed by atoms with van der Waals surface area (Å²) in [6, 6.07) is 10.4. The summed E-state index contributed by atoms with van der Waals surface area (Å²) in [5, 5.41) is 0. The standard InChI is InChI=1S/C15H18N2O/c1-12(2)18-10-15(14-7-5-4-6-8-14)17-9-13(3)16-11-17/h4-9,11,15H,1,10H2,2-3H3. The van der Waals surface area contributed by atoms with Gasteiger partial charge in [0.15, 0.2) is 0 Å². The van der Waals surface area contributed by atoms with Crippen molar-refractivity contribution in [2.45, 2.75) is 19.9 Å². The fourth-order valence-corrected chi connectivity index (χ4v) is 1.86. The molecule has 1 atom stereocenters. The second kappa shape index (κ2) is 5.54. The van der Waals surface area contributed by atoms with Gasteiger partial charge in [0.2, 0.25) is 0 Å². The quantitative estimate of drug-likeness (QED) is 0.752. The molecule has 1 aromatic carbocycles. The molecule has 0 aliphatic carbocycles. The number of aromatic nitrogens is 2. The van der Waals surface area contributed by atoms with Gasteiger partial charge in [0.05, 0.1) is 23.8 Å². The van der Waals surface area contributed by atoms with Crippen LogP contribution in [0.15, 0.2) is 55.2 Å². The molecule has 1 unspecified atom stereocenters. The van der Waals surface area contributed by atoms with Crippen LogP contribution >= 0.6 is 0 Å². The molecule has 0 saturated heterocycles. The van der Waals surface area contributed by atoms with E-state index in [0.29, 0.717) is 6.61 Å². The minimum absolute atomic E-state index is 0.129. The molecule has 0 spiro atoms. The van der Waals surface area contributed by atoms with Gasteiger partial charge in [0.25, 0.3) is 0 Å². The molecule has 0 bridgehead atoms. The molecule has 0 amide bonds. The van der Waals surface area contributed by atoms with Crippen LogP contribution in [-0.4, -0.2) is 16.2 Å². The third-order valence-corrected chi connectivity index (χ3v) is 2.76. The molecule has 0 saturated carbocycles. The van der Waals surface area contributed by atoms with Crippen molar-refractivity contribution in [1.29, 1.82) is 0 Å². The second-order valence-corrected chi connectivity index (χ2v) is 4.40. The maximum absolute atomic E-state index is 5.58. The maximum Gasteiger partial charge on any atom is 0.113 e. The highest BCUT2D eigenvalue weighted by Gasteiger charge is 2.14. The lowest BCUT2D eigenvalue weighted by atomic mass is 10.1. The first-order valence-corrected chi connectivity index (χ1v) is 6.00. The first-order chi connectivity index (χ1) is 8.66. The third-order valence-electron chi connectivity index (χ3n) is 2.76. The van der Waals surface area contributed by atoms with Crippen molar-refractivity contribution in [3.8, 4) is 0 Å². The molecule has 0 radical (unpaired) electrons. The molecule has 2 rings (SSSR count). The highest BCUT2D eigenvalue weighted by molar-refractivity contribution is 5.20. The summed E-state index contributed by atoms with van der Waals surface area (Å²) in [5.74, 6) is 0.729. The summed E-state index contributed by atoms with van der Waals surface area (Å²) in [5.41, 5.74) is 2.21. The van der Waals surface area contributed by atoms with Crippen molar-refractivity contribution in [3.05, 3.63) is 66.5 Å². The van der Waals surface area contributed by atoms with E-state index in [2.05, 4.69) is 28.3 Å². The number of imidazole rings is 1. The number of hydrogen-bond acceptors (Lipinski definition) is 2. The van der Waals surface area contributed by atoms with Crippen LogP contribution in [-0.2, 0) is 4.74 Å². The van der Waals surface area contributed by atoms with Gasteiger partial charge in [0.1, 0.15) is 6.61 Å². The van der Waals surface area contributed by atoms with Crippen LogP contribution in [0.4, 0.5) is 0 Å². The molecule has 3 heteroatoms. The summed E-state index contributed by atoms with van der Waals surface area (Å²) in [6.45, 7) is 8.18. The molecule has 3 nitrogen and oxygen atoms in total. The fraction of sp³-hybridized carbons (Fsp3) is 0.267. The van der Waals surface area contributed by atoms with E-state index in [1.54, 1.807) is 0 Å². The largest absolute Gasteiger partial charge is 0.496 e. The maximum atomic E-state index is 5.58. The Morgan fingerprint density at radius 1 is 1.39 bits per heavy atom. The normalized spacial score (nSPS) is 12.1. The van der Waals surface area contributed by atoms with Crippen LogP contribution in [0.1, 0.15) is 24.2 Å². The van der Waals surface area contributed by atoms with Gasteiger partial charge in [-0.15, -0.1) is 0 Å². The lowest BCUT2D eigenvalue weighted by Gasteiger charge is -2.19. The smallest absolute Gasteiger partial charge is 0.113 e. The summed E-state index contributed by atoms with van der Waals surface area (Å²) < 4.78 is 7.66. The monoisotopic (exact) mass is 242 g/mol. The Balaban J connectivity index is 2.26. The lowest BCUT2D eigenvalue weighted by molar-refractivity contribution is 0.184. The second-order valence-electron chi connectivity index (χ2n) is 4.40. The third kappa shape index (κ3) is 3.00. The van der Waals surface area contributed by atoms with Gasteiger partial charge < -0.3 is 9.30 Å². The average molecular weight is 242 g/mol. The zero-order valence-corrected chi connectivity index (χ0v) is 10.8. The number of benzene rings is 1. The zero-order valence-electron chi connectivity index (χ0n) is 10.8. The van der Waals surface area contributed by atoms with Crippen LogP contribution in [0.2, 0.25) is 0 Å². The molecule has 2 aromatic rings. The van der Waals surface area contributed by atoms with Gasteiger partial charge in [-0.25, -0.2) is 4.98 Å². The van der Waals surface area contributed by atoms with E-state index in [1.807, 2.05) is 44.6 Å². The van der Waals surface area contributed by atoms with Crippen molar-refractivity contribution < 1.29 is 4.74 Å². The molecule has 94 valence electrons. The number of ether oxygens (including phenoxy) is 1. The summed E-state index contributed by atoms with van der Waals surface area (Å²) in [7, 11) is 0. The van der Waals surface area contributed by atoms with Crippen LogP contribution in [0.25, 0.3) is 0 Å². The van der Waals surface area contributed by atoms with Crippen LogP contribution in [0, 0.1) is 6.92 Å². The molecular weight excluding hydrogens is 224 g/mol. The van der Waals surface area contributed by atoms with Gasteiger partial charge in [0, 0.05) is 6.20 Å². The minimum atomic E-state index is 0.129. The molecule has 0 aliphatic rings. The number of nitrogens with zero attached hydrogens (tertiary/aromatic N) is 2. The van der Waals surface area contributed by atoms with Gasteiger partial charge in [-0.3, -0.25) is 0 Å². The first-order valence-electron chi connectivity index (χ1n) is 6.00. The zero-order chi connectivity index (χ0) is 13.0. The summed E-state index contributed by atoms with van der Waals surface area (Å²) in [6.07, 6.45) is 3.87. The van der Waals surface area contributed by atoms with Gasteiger partial charge in [-0.05, 0) is 19.4 Å².